The van der Waals surface area contributed by atoms with Gasteiger partial charge in [-0.2, -0.15) is 0 Å². The van der Waals surface area contributed by atoms with E-state index in [4.69, 9.17) is 4.74 Å². The number of carbonyl (C=O) groups is 1. The number of hydrogen-bond acceptors (Lipinski definition) is 3. The van der Waals surface area contributed by atoms with Gasteiger partial charge in [-0.1, -0.05) is 59.7 Å². The van der Waals surface area contributed by atoms with Gasteiger partial charge in [0, 0.05) is 5.75 Å². The van der Waals surface area contributed by atoms with Crippen LogP contribution in [0.3, 0.4) is 0 Å². The van der Waals surface area contributed by atoms with Gasteiger partial charge in [0.2, 0.25) is 5.91 Å². The van der Waals surface area contributed by atoms with Gasteiger partial charge in [0.05, 0.1) is 12.3 Å². The average molecular weight is 380 g/mol. The lowest BCUT2D eigenvalue weighted by Crippen LogP contribution is -2.29. The third-order valence-electron chi connectivity index (χ3n) is 4.20. The molecule has 0 fully saturated rings. The van der Waals surface area contributed by atoms with Crippen LogP contribution in [0.25, 0.3) is 10.8 Å². The van der Waals surface area contributed by atoms with Crippen molar-refractivity contribution in [2.75, 3.05) is 18.9 Å². The Kier molecular flexibility index (Phi) is 6.77. The molecule has 0 unspecified atom stereocenters. The van der Waals surface area contributed by atoms with Crippen LogP contribution < -0.4 is 10.1 Å². The van der Waals surface area contributed by atoms with Crippen molar-refractivity contribution in [1.29, 1.82) is 0 Å². The lowest BCUT2D eigenvalue weighted by atomic mass is 10.1. The first-order valence-corrected chi connectivity index (χ1v) is 10.3. The van der Waals surface area contributed by atoms with Gasteiger partial charge in [0.1, 0.15) is 12.4 Å². The van der Waals surface area contributed by atoms with Crippen molar-refractivity contribution < 1.29 is 9.53 Å². The van der Waals surface area contributed by atoms with Crippen LogP contribution in [0, 0.1) is 13.8 Å². The smallest absolute Gasteiger partial charge is 0.230 e. The molecule has 3 nitrogen and oxygen atoms in total. The van der Waals surface area contributed by atoms with Crippen LogP contribution in [-0.2, 0) is 10.5 Å². The monoisotopic (exact) mass is 379 g/mol. The molecule has 1 N–H and O–H groups in total. The Labute approximate surface area is 165 Å². The summed E-state index contributed by atoms with van der Waals surface area (Å²) in [5.41, 5.74) is 3.80. The Morgan fingerprint density at radius 3 is 2.48 bits per heavy atom. The number of ether oxygens (including phenoxy) is 1. The number of aryl methyl sites for hydroxylation is 2. The molecule has 0 aromatic heterocycles. The van der Waals surface area contributed by atoms with Gasteiger partial charge in [-0.05, 0) is 42.3 Å². The minimum atomic E-state index is 0.0477. The van der Waals surface area contributed by atoms with Crippen molar-refractivity contribution in [1.82, 2.24) is 5.32 Å². The average Bonchev–Trinajstić information content (AvgIpc) is 2.64. The maximum Gasteiger partial charge on any atom is 0.230 e. The van der Waals surface area contributed by atoms with Gasteiger partial charge in [-0.15, -0.1) is 11.8 Å². The van der Waals surface area contributed by atoms with E-state index in [-0.39, 0.29) is 5.91 Å². The molecule has 0 atom stereocenters. The van der Waals surface area contributed by atoms with E-state index in [1.165, 1.54) is 22.1 Å². The Bertz CT molecular complexity index is 903. The van der Waals surface area contributed by atoms with E-state index in [0.29, 0.717) is 18.9 Å². The fraction of sp³-hybridized carbons (Fsp3) is 0.261. The summed E-state index contributed by atoms with van der Waals surface area (Å²) >= 11 is 1.63. The summed E-state index contributed by atoms with van der Waals surface area (Å²) in [6.07, 6.45) is 0. The number of carbonyl (C=O) groups excluding carboxylic acids is 1. The molecule has 0 aliphatic carbocycles. The molecule has 0 spiro atoms. The fourth-order valence-corrected chi connectivity index (χ4v) is 3.87. The highest BCUT2D eigenvalue weighted by atomic mass is 32.2. The predicted molar refractivity (Wildman–Crippen MR) is 115 cm³/mol. The summed E-state index contributed by atoms with van der Waals surface area (Å²) in [5.74, 6) is 2.19. The lowest BCUT2D eigenvalue weighted by molar-refractivity contribution is -0.118. The van der Waals surface area contributed by atoms with Crippen molar-refractivity contribution in [3.05, 3.63) is 77.4 Å². The number of rotatable bonds is 8. The van der Waals surface area contributed by atoms with Crippen LogP contribution >= 0.6 is 11.8 Å². The van der Waals surface area contributed by atoms with Crippen molar-refractivity contribution in [3.8, 4) is 5.75 Å². The molecule has 3 aromatic rings. The van der Waals surface area contributed by atoms with E-state index in [2.05, 4.69) is 49.5 Å². The van der Waals surface area contributed by atoms with E-state index in [1.807, 2.05) is 30.3 Å². The molecule has 3 rings (SSSR count). The number of nitrogens with one attached hydrogen (secondary N) is 1. The van der Waals surface area contributed by atoms with E-state index >= 15 is 0 Å². The van der Waals surface area contributed by atoms with Crippen LogP contribution in [0.1, 0.15) is 16.7 Å². The number of thioether (sulfide) groups is 1. The zero-order valence-corrected chi connectivity index (χ0v) is 16.6. The molecular formula is C23H25NO2S. The molecule has 0 aliphatic heterocycles. The summed E-state index contributed by atoms with van der Waals surface area (Å²) in [6, 6.07) is 20.7. The standard InChI is InChI=1S/C23H25NO2S/c1-17-11-18(2)13-19(12-17)15-27-16-23(25)24-9-10-26-22-8-7-20-5-3-4-6-21(20)14-22/h3-8,11-14H,9-10,15-16H2,1-2H3,(H,24,25). The van der Waals surface area contributed by atoms with Crippen molar-refractivity contribution >= 4 is 28.4 Å². The summed E-state index contributed by atoms with van der Waals surface area (Å²) < 4.78 is 5.74. The molecule has 4 heteroatoms. The molecule has 140 valence electrons. The number of amides is 1. The minimum absolute atomic E-state index is 0.0477. The second-order valence-corrected chi connectivity index (χ2v) is 7.68. The molecule has 0 bridgehead atoms. The zero-order chi connectivity index (χ0) is 19.1. The third kappa shape index (κ3) is 6.04. The highest BCUT2D eigenvalue weighted by molar-refractivity contribution is 7.99. The molecule has 0 aliphatic rings. The summed E-state index contributed by atoms with van der Waals surface area (Å²) in [5, 5.41) is 5.26. The largest absolute Gasteiger partial charge is 0.492 e. The summed E-state index contributed by atoms with van der Waals surface area (Å²) in [7, 11) is 0. The Morgan fingerprint density at radius 1 is 0.963 bits per heavy atom. The van der Waals surface area contributed by atoms with Gasteiger partial charge >= 0.3 is 0 Å². The SMILES string of the molecule is Cc1cc(C)cc(CSCC(=O)NCCOc2ccc3ccccc3c2)c1. The van der Waals surface area contributed by atoms with Gasteiger partial charge in [-0.3, -0.25) is 4.79 Å². The Morgan fingerprint density at radius 2 is 1.70 bits per heavy atom. The van der Waals surface area contributed by atoms with Crippen molar-refractivity contribution in [2.24, 2.45) is 0 Å². The van der Waals surface area contributed by atoms with Crippen LogP contribution in [0.5, 0.6) is 5.75 Å². The highest BCUT2D eigenvalue weighted by Crippen LogP contribution is 2.20. The number of fused-ring (bicyclic) bond motifs is 1. The molecular weight excluding hydrogens is 354 g/mol. The topological polar surface area (TPSA) is 38.3 Å². The molecule has 3 aromatic carbocycles. The minimum Gasteiger partial charge on any atom is -0.492 e. The number of hydrogen-bond donors (Lipinski definition) is 1. The van der Waals surface area contributed by atoms with E-state index in [9.17, 15) is 4.79 Å². The molecule has 1 amide bonds. The van der Waals surface area contributed by atoms with Gasteiger partial charge in [0.25, 0.3) is 0 Å². The van der Waals surface area contributed by atoms with Gasteiger partial charge < -0.3 is 10.1 Å². The molecule has 27 heavy (non-hydrogen) atoms. The zero-order valence-electron chi connectivity index (χ0n) is 15.8. The van der Waals surface area contributed by atoms with E-state index in [0.717, 1.165) is 16.9 Å². The normalized spacial score (nSPS) is 10.7. The molecule has 0 saturated carbocycles. The maximum atomic E-state index is 12.0. The second-order valence-electron chi connectivity index (χ2n) is 6.70. The molecule has 0 radical (unpaired) electrons. The van der Waals surface area contributed by atoms with E-state index < -0.39 is 0 Å². The van der Waals surface area contributed by atoms with Gasteiger partial charge in [-0.25, -0.2) is 0 Å². The van der Waals surface area contributed by atoms with E-state index in [1.54, 1.807) is 11.8 Å². The first kappa shape index (κ1) is 19.3. The quantitative estimate of drug-likeness (QED) is 0.567. The van der Waals surface area contributed by atoms with Crippen LogP contribution in [0.4, 0.5) is 0 Å². The third-order valence-corrected chi connectivity index (χ3v) is 5.20. The number of benzene rings is 3. The second kappa shape index (κ2) is 9.47. The first-order valence-electron chi connectivity index (χ1n) is 9.13. The van der Waals surface area contributed by atoms with Crippen LogP contribution in [0.15, 0.2) is 60.7 Å². The Hall–Kier alpha value is -2.46. The summed E-state index contributed by atoms with van der Waals surface area (Å²) in [4.78, 5) is 12.0. The first-order chi connectivity index (χ1) is 13.1. The van der Waals surface area contributed by atoms with Crippen molar-refractivity contribution in [2.45, 2.75) is 19.6 Å². The highest BCUT2D eigenvalue weighted by Gasteiger charge is 2.03. The predicted octanol–water partition coefficient (Wildman–Crippen LogP) is 4.89. The fourth-order valence-electron chi connectivity index (χ4n) is 3.08. The maximum absolute atomic E-state index is 12.0. The summed E-state index contributed by atoms with van der Waals surface area (Å²) in [6.45, 7) is 5.18. The Balaban J connectivity index is 1.35. The molecule has 0 saturated heterocycles. The lowest BCUT2D eigenvalue weighted by Gasteiger charge is -2.09. The van der Waals surface area contributed by atoms with Crippen LogP contribution in [-0.4, -0.2) is 24.8 Å². The van der Waals surface area contributed by atoms with Crippen molar-refractivity contribution in [3.63, 3.8) is 0 Å². The van der Waals surface area contributed by atoms with Gasteiger partial charge in [0.15, 0.2) is 0 Å². The molecule has 0 heterocycles. The van der Waals surface area contributed by atoms with Crippen LogP contribution in [0.2, 0.25) is 0 Å².